The highest BCUT2D eigenvalue weighted by Gasteiger charge is 2.32. The Kier molecular flexibility index (Phi) is 12.7. The van der Waals surface area contributed by atoms with E-state index in [9.17, 15) is 14.7 Å². The number of hydrogen-bond donors (Lipinski definition) is 1. The number of hydrogen-bond acceptors (Lipinski definition) is 8. The van der Waals surface area contributed by atoms with Crippen LogP contribution in [0.3, 0.4) is 0 Å². The van der Waals surface area contributed by atoms with Gasteiger partial charge in [0.25, 0.3) is 0 Å². The first-order valence-corrected chi connectivity index (χ1v) is 13.6. The second kappa shape index (κ2) is 15.7. The third-order valence-electron chi connectivity index (χ3n) is 6.13. The minimum atomic E-state index is -0.964. The van der Waals surface area contributed by atoms with Crippen molar-refractivity contribution in [3.8, 4) is 23.0 Å². The van der Waals surface area contributed by atoms with E-state index in [4.69, 9.17) is 23.7 Å². The van der Waals surface area contributed by atoms with E-state index in [0.717, 1.165) is 30.0 Å². The van der Waals surface area contributed by atoms with Gasteiger partial charge in [0.05, 0.1) is 13.2 Å². The highest BCUT2D eigenvalue weighted by Crippen LogP contribution is 2.48. The number of allylic oxidation sites excluding steroid dienone is 1. The van der Waals surface area contributed by atoms with Gasteiger partial charge in [0.1, 0.15) is 30.8 Å². The van der Waals surface area contributed by atoms with E-state index < -0.39 is 23.5 Å². The quantitative estimate of drug-likeness (QED) is 0.157. The van der Waals surface area contributed by atoms with Crippen LogP contribution in [-0.2, 0) is 19.7 Å². The van der Waals surface area contributed by atoms with Gasteiger partial charge in [-0.3, -0.25) is 0 Å². The summed E-state index contributed by atoms with van der Waals surface area (Å²) in [5.41, 5.74) is 1.84. The Morgan fingerprint density at radius 1 is 0.975 bits per heavy atom. The van der Waals surface area contributed by atoms with Crippen LogP contribution in [0.4, 0.5) is 0 Å². The van der Waals surface area contributed by atoms with E-state index in [-0.39, 0.29) is 13.2 Å². The first kappa shape index (κ1) is 32.4. The van der Waals surface area contributed by atoms with Crippen LogP contribution in [0.15, 0.2) is 55.1 Å². The summed E-state index contributed by atoms with van der Waals surface area (Å²) in [7, 11) is 0. The zero-order valence-electron chi connectivity index (χ0n) is 24.5. The molecule has 2 aromatic rings. The molecule has 1 N–H and O–H groups in total. The van der Waals surface area contributed by atoms with Gasteiger partial charge < -0.3 is 28.8 Å². The van der Waals surface area contributed by atoms with Crippen molar-refractivity contribution in [2.24, 2.45) is 0 Å². The van der Waals surface area contributed by atoms with Crippen molar-refractivity contribution >= 4 is 11.9 Å². The summed E-state index contributed by atoms with van der Waals surface area (Å²) >= 11 is 0. The number of aliphatic hydroxyl groups excluding tert-OH is 1. The Morgan fingerprint density at radius 2 is 1.60 bits per heavy atom. The molecule has 0 heterocycles. The van der Waals surface area contributed by atoms with Gasteiger partial charge in [0.2, 0.25) is 0 Å². The number of ether oxygens (including phenoxy) is 5. The predicted molar refractivity (Wildman–Crippen MR) is 154 cm³/mol. The molecule has 0 spiro atoms. The summed E-state index contributed by atoms with van der Waals surface area (Å²) in [5, 5.41) is 10.1. The molecule has 8 heteroatoms. The lowest BCUT2D eigenvalue weighted by Gasteiger charge is -2.31. The lowest BCUT2D eigenvalue weighted by Crippen LogP contribution is -2.25. The fourth-order valence-electron chi connectivity index (χ4n) is 3.88. The molecule has 0 aliphatic rings. The molecule has 1 atom stereocenters. The highest BCUT2D eigenvalue weighted by atomic mass is 16.6. The van der Waals surface area contributed by atoms with Gasteiger partial charge >= 0.3 is 11.9 Å². The van der Waals surface area contributed by atoms with Gasteiger partial charge in [-0.25, -0.2) is 9.59 Å². The Labute approximate surface area is 237 Å². The smallest absolute Gasteiger partial charge is 0.335 e. The van der Waals surface area contributed by atoms with Crippen molar-refractivity contribution in [2.75, 3.05) is 26.4 Å². The molecule has 0 fully saturated rings. The Bertz CT molecular complexity index is 1160. The van der Waals surface area contributed by atoms with Crippen molar-refractivity contribution in [1.82, 2.24) is 0 Å². The molecular formula is C32H42O8. The predicted octanol–water partition coefficient (Wildman–Crippen LogP) is 5.85. The van der Waals surface area contributed by atoms with E-state index >= 15 is 0 Å². The highest BCUT2D eigenvalue weighted by molar-refractivity contribution is 5.84. The molecule has 218 valence electrons. The summed E-state index contributed by atoms with van der Waals surface area (Å²) in [4.78, 5) is 23.6. The van der Waals surface area contributed by atoms with Crippen molar-refractivity contribution in [3.05, 3.63) is 71.8 Å². The van der Waals surface area contributed by atoms with Crippen LogP contribution in [0.1, 0.15) is 64.2 Å². The second-order valence-electron chi connectivity index (χ2n) is 9.77. The maximum absolute atomic E-state index is 12.1. The zero-order chi connectivity index (χ0) is 29.7. The third kappa shape index (κ3) is 8.88. The summed E-state index contributed by atoms with van der Waals surface area (Å²) in [6.07, 6.45) is 4.63. The van der Waals surface area contributed by atoms with Crippen LogP contribution in [0.2, 0.25) is 0 Å². The van der Waals surface area contributed by atoms with Crippen molar-refractivity contribution in [1.29, 1.82) is 0 Å². The van der Waals surface area contributed by atoms with Crippen molar-refractivity contribution < 1.29 is 38.4 Å². The maximum Gasteiger partial charge on any atom is 0.335 e. The lowest BCUT2D eigenvalue weighted by molar-refractivity contribution is -0.141. The standard InChI is InChI=1S/C32H42O8/c1-8-12-29(35)39-21-24(33)20-38-25-15-13-23(14-16-25)32(6,7)26-19-27(40-28(34)11-4)22(5)30(36-17-9-2)31(26)37-18-10-3/h8,11-16,19,24,33H,4,9-10,17-18,20-21H2,1-3,5-7H3. The molecule has 0 aliphatic carbocycles. The van der Waals surface area contributed by atoms with Crippen LogP contribution in [-0.4, -0.2) is 49.6 Å². The Balaban J connectivity index is 2.39. The number of carbonyl (C=O) groups excluding carboxylic acids is 2. The van der Waals surface area contributed by atoms with E-state index in [0.29, 0.717) is 41.8 Å². The fourth-order valence-corrected chi connectivity index (χ4v) is 3.88. The first-order valence-electron chi connectivity index (χ1n) is 13.6. The fraction of sp³-hybridized carbons (Fsp3) is 0.438. The molecular weight excluding hydrogens is 512 g/mol. The lowest BCUT2D eigenvalue weighted by atomic mass is 9.77. The van der Waals surface area contributed by atoms with Gasteiger partial charge in [0.15, 0.2) is 11.5 Å². The Morgan fingerprint density at radius 3 is 2.17 bits per heavy atom. The summed E-state index contributed by atoms with van der Waals surface area (Å²) in [5.74, 6) is 1.03. The number of aliphatic hydroxyl groups is 1. The van der Waals surface area contributed by atoms with E-state index in [1.54, 1.807) is 13.0 Å². The maximum atomic E-state index is 12.1. The van der Waals surface area contributed by atoms with Crippen LogP contribution < -0.4 is 18.9 Å². The summed E-state index contributed by atoms with van der Waals surface area (Å²) < 4.78 is 28.6. The Hall–Kier alpha value is -3.78. The molecule has 0 aromatic heterocycles. The number of rotatable bonds is 16. The van der Waals surface area contributed by atoms with Crippen LogP contribution in [0, 0.1) is 6.92 Å². The largest absolute Gasteiger partial charge is 0.491 e. The summed E-state index contributed by atoms with van der Waals surface area (Å²) in [6.45, 7) is 16.0. The average molecular weight is 555 g/mol. The minimum absolute atomic E-state index is 0.0328. The molecule has 2 rings (SSSR count). The molecule has 0 saturated heterocycles. The normalized spacial score (nSPS) is 12.1. The minimum Gasteiger partial charge on any atom is -0.491 e. The van der Waals surface area contributed by atoms with Gasteiger partial charge in [-0.1, -0.05) is 52.5 Å². The number of benzene rings is 2. The zero-order valence-corrected chi connectivity index (χ0v) is 24.5. The number of esters is 2. The summed E-state index contributed by atoms with van der Waals surface area (Å²) in [6, 6.07) is 9.31. The second-order valence-corrected chi connectivity index (χ2v) is 9.77. The van der Waals surface area contributed by atoms with E-state index in [1.165, 1.54) is 6.08 Å². The van der Waals surface area contributed by atoms with Gasteiger partial charge in [-0.2, -0.15) is 0 Å². The average Bonchev–Trinajstić information content (AvgIpc) is 2.94. The van der Waals surface area contributed by atoms with Crippen LogP contribution >= 0.6 is 0 Å². The molecule has 0 bridgehead atoms. The molecule has 1 unspecified atom stereocenters. The SMILES string of the molecule is C=CC(=O)Oc1cc(C(C)(C)c2ccc(OCC(O)COC(=O)C=CC)cc2)c(OCCC)c(OCCC)c1C. The van der Waals surface area contributed by atoms with Gasteiger partial charge in [-0.15, -0.1) is 0 Å². The molecule has 0 amide bonds. The molecule has 0 saturated carbocycles. The molecule has 40 heavy (non-hydrogen) atoms. The molecule has 0 radical (unpaired) electrons. The van der Waals surface area contributed by atoms with Crippen LogP contribution in [0.25, 0.3) is 0 Å². The first-order chi connectivity index (χ1) is 19.1. The van der Waals surface area contributed by atoms with Crippen molar-refractivity contribution in [3.63, 3.8) is 0 Å². The van der Waals surface area contributed by atoms with Gasteiger partial charge in [0, 0.05) is 28.7 Å². The molecule has 8 nitrogen and oxygen atoms in total. The van der Waals surface area contributed by atoms with E-state index in [2.05, 4.69) is 20.4 Å². The van der Waals surface area contributed by atoms with Crippen LogP contribution in [0.5, 0.6) is 23.0 Å². The van der Waals surface area contributed by atoms with Gasteiger partial charge in [-0.05, 0) is 50.5 Å². The van der Waals surface area contributed by atoms with Crippen molar-refractivity contribution in [2.45, 2.75) is 65.9 Å². The topological polar surface area (TPSA) is 101 Å². The molecule has 0 aliphatic heterocycles. The molecule has 2 aromatic carbocycles. The number of carbonyl (C=O) groups is 2. The monoisotopic (exact) mass is 554 g/mol. The van der Waals surface area contributed by atoms with E-state index in [1.807, 2.05) is 51.1 Å². The third-order valence-corrected chi connectivity index (χ3v) is 6.13.